The Morgan fingerprint density at radius 3 is 2.44 bits per heavy atom. The summed E-state index contributed by atoms with van der Waals surface area (Å²) in [4.78, 5) is 25.0. The zero-order valence-electron chi connectivity index (χ0n) is 19.6. The van der Waals surface area contributed by atoms with Gasteiger partial charge in [-0.15, -0.1) is 0 Å². The van der Waals surface area contributed by atoms with Gasteiger partial charge in [-0.3, -0.25) is 4.79 Å². The molecule has 1 aliphatic rings. The zero-order valence-corrected chi connectivity index (χ0v) is 20.4. The van der Waals surface area contributed by atoms with Gasteiger partial charge in [0, 0.05) is 18.8 Å². The van der Waals surface area contributed by atoms with Crippen molar-refractivity contribution in [3.8, 4) is 11.5 Å². The molecule has 0 unspecified atom stereocenters. The molecular weight excluding hydrogens is 460 g/mol. The normalized spacial score (nSPS) is 14.3. The molecule has 1 aliphatic heterocycles. The molecule has 1 heterocycles. The highest BCUT2D eigenvalue weighted by atomic mass is 32.2. The van der Waals surface area contributed by atoms with E-state index in [0.717, 1.165) is 19.3 Å². The Labute approximate surface area is 200 Å². The molecule has 0 radical (unpaired) electrons. The molecule has 2 aromatic rings. The quantitative estimate of drug-likeness (QED) is 0.537. The highest BCUT2D eigenvalue weighted by Crippen LogP contribution is 2.28. The number of methoxy groups -OCH3 is 1. The lowest BCUT2D eigenvalue weighted by molar-refractivity contribution is -0.119. The van der Waals surface area contributed by atoms with Crippen LogP contribution in [-0.4, -0.2) is 58.0 Å². The van der Waals surface area contributed by atoms with Gasteiger partial charge in [-0.2, -0.15) is 4.31 Å². The topological polar surface area (TPSA) is 111 Å². The van der Waals surface area contributed by atoms with Crippen LogP contribution in [0.2, 0.25) is 0 Å². The molecule has 1 saturated heterocycles. The number of sulfonamides is 1. The van der Waals surface area contributed by atoms with E-state index in [1.54, 1.807) is 19.1 Å². The number of esters is 1. The third-order valence-corrected chi connectivity index (χ3v) is 7.36. The molecule has 0 bridgehead atoms. The van der Waals surface area contributed by atoms with Crippen LogP contribution < -0.4 is 14.8 Å². The second-order valence-corrected chi connectivity index (χ2v) is 9.80. The average molecular weight is 491 g/mol. The predicted molar refractivity (Wildman–Crippen MR) is 127 cm³/mol. The van der Waals surface area contributed by atoms with Crippen molar-refractivity contribution in [1.82, 2.24) is 4.31 Å². The summed E-state index contributed by atoms with van der Waals surface area (Å²) in [5, 5.41) is 2.64. The third kappa shape index (κ3) is 6.06. The fraction of sp³-hybridized carbons (Fsp3) is 0.417. The Kier molecular flexibility index (Phi) is 8.51. The highest BCUT2D eigenvalue weighted by molar-refractivity contribution is 7.89. The van der Waals surface area contributed by atoms with E-state index in [1.807, 2.05) is 6.92 Å². The van der Waals surface area contributed by atoms with Crippen LogP contribution in [0.4, 0.5) is 5.69 Å². The number of aryl methyl sites for hydroxylation is 1. The van der Waals surface area contributed by atoms with Gasteiger partial charge in [0.15, 0.2) is 18.1 Å². The van der Waals surface area contributed by atoms with E-state index in [1.165, 1.54) is 35.7 Å². The van der Waals surface area contributed by atoms with Crippen molar-refractivity contribution in [2.45, 2.75) is 38.0 Å². The third-order valence-electron chi connectivity index (χ3n) is 5.47. The molecular formula is C24H30N2O7S. The van der Waals surface area contributed by atoms with E-state index in [4.69, 9.17) is 14.2 Å². The smallest absolute Gasteiger partial charge is 0.338 e. The molecule has 10 heteroatoms. The SMILES string of the molecule is CCOc1cc(C(=O)OCC(=O)Nc2cc(S(=O)(=O)N3CCCCC3)ccc2C)ccc1OC. The molecule has 3 rings (SSSR count). The first kappa shape index (κ1) is 25.5. The number of nitrogens with one attached hydrogen (secondary N) is 1. The molecule has 9 nitrogen and oxygen atoms in total. The molecule has 0 atom stereocenters. The molecule has 1 amide bonds. The van der Waals surface area contributed by atoms with Crippen LogP contribution in [0.25, 0.3) is 0 Å². The van der Waals surface area contributed by atoms with Crippen LogP contribution in [0.1, 0.15) is 42.1 Å². The van der Waals surface area contributed by atoms with E-state index < -0.39 is 28.5 Å². The summed E-state index contributed by atoms with van der Waals surface area (Å²) < 4.78 is 43.2. The first-order chi connectivity index (χ1) is 16.3. The van der Waals surface area contributed by atoms with Crippen molar-refractivity contribution in [3.05, 3.63) is 47.5 Å². The summed E-state index contributed by atoms with van der Waals surface area (Å²) in [6.45, 7) is 4.41. The number of hydrogen-bond acceptors (Lipinski definition) is 7. The fourth-order valence-corrected chi connectivity index (χ4v) is 5.17. The number of ether oxygens (including phenoxy) is 3. The van der Waals surface area contributed by atoms with Crippen LogP contribution in [0.15, 0.2) is 41.3 Å². The summed E-state index contributed by atoms with van der Waals surface area (Å²) in [6, 6.07) is 9.21. The highest BCUT2D eigenvalue weighted by Gasteiger charge is 2.26. The maximum absolute atomic E-state index is 13.0. The molecule has 0 saturated carbocycles. The summed E-state index contributed by atoms with van der Waals surface area (Å²) >= 11 is 0. The summed E-state index contributed by atoms with van der Waals surface area (Å²) in [7, 11) is -2.14. The Morgan fingerprint density at radius 2 is 1.76 bits per heavy atom. The lowest BCUT2D eigenvalue weighted by Crippen LogP contribution is -2.35. The minimum atomic E-state index is -3.64. The maximum Gasteiger partial charge on any atom is 0.338 e. The van der Waals surface area contributed by atoms with Gasteiger partial charge in [0.25, 0.3) is 5.91 Å². The van der Waals surface area contributed by atoms with Crippen molar-refractivity contribution < 1.29 is 32.2 Å². The number of carbonyl (C=O) groups is 2. The fourth-order valence-electron chi connectivity index (χ4n) is 3.62. The molecule has 0 spiro atoms. The lowest BCUT2D eigenvalue weighted by atomic mass is 10.2. The standard InChI is InChI=1S/C24H30N2O7S/c1-4-32-22-14-18(9-11-21(22)31-3)24(28)33-16-23(27)25-20-15-19(10-8-17(20)2)34(29,30)26-12-6-5-7-13-26/h8-11,14-15H,4-7,12-13,16H2,1-3H3,(H,25,27). The molecule has 34 heavy (non-hydrogen) atoms. The number of amides is 1. The van der Waals surface area contributed by atoms with Gasteiger partial charge in [-0.05, 0) is 62.6 Å². The van der Waals surface area contributed by atoms with Crippen LogP contribution in [0.5, 0.6) is 11.5 Å². The van der Waals surface area contributed by atoms with Crippen molar-refractivity contribution >= 4 is 27.6 Å². The van der Waals surface area contributed by atoms with E-state index >= 15 is 0 Å². The second-order valence-electron chi connectivity index (χ2n) is 7.86. The molecule has 184 valence electrons. The van der Waals surface area contributed by atoms with Crippen LogP contribution in [0, 0.1) is 6.92 Å². The number of rotatable bonds is 9. The summed E-state index contributed by atoms with van der Waals surface area (Å²) in [5.41, 5.74) is 1.25. The number of hydrogen-bond donors (Lipinski definition) is 1. The van der Waals surface area contributed by atoms with Gasteiger partial charge in [0.1, 0.15) is 0 Å². The van der Waals surface area contributed by atoms with Crippen LogP contribution in [0.3, 0.4) is 0 Å². The number of benzene rings is 2. The van der Waals surface area contributed by atoms with E-state index in [9.17, 15) is 18.0 Å². The predicted octanol–water partition coefficient (Wildman–Crippen LogP) is 3.37. The summed E-state index contributed by atoms with van der Waals surface area (Å²) in [6.07, 6.45) is 2.68. The van der Waals surface area contributed by atoms with Crippen LogP contribution in [-0.2, 0) is 19.6 Å². The van der Waals surface area contributed by atoms with Crippen molar-refractivity contribution in [3.63, 3.8) is 0 Å². The van der Waals surface area contributed by atoms with Gasteiger partial charge in [0.05, 0.1) is 24.2 Å². The number of nitrogens with zero attached hydrogens (tertiary/aromatic N) is 1. The number of carbonyl (C=O) groups excluding carboxylic acids is 2. The maximum atomic E-state index is 13.0. The van der Waals surface area contributed by atoms with Gasteiger partial charge >= 0.3 is 5.97 Å². The lowest BCUT2D eigenvalue weighted by Gasteiger charge is -2.26. The van der Waals surface area contributed by atoms with Gasteiger partial charge < -0.3 is 19.5 Å². The first-order valence-corrected chi connectivity index (χ1v) is 12.6. The minimum absolute atomic E-state index is 0.119. The monoisotopic (exact) mass is 490 g/mol. The second kappa shape index (κ2) is 11.3. The van der Waals surface area contributed by atoms with E-state index in [0.29, 0.717) is 42.4 Å². The van der Waals surface area contributed by atoms with Crippen molar-refractivity contribution in [1.29, 1.82) is 0 Å². The molecule has 2 aromatic carbocycles. The minimum Gasteiger partial charge on any atom is -0.493 e. The van der Waals surface area contributed by atoms with Crippen molar-refractivity contribution in [2.24, 2.45) is 0 Å². The van der Waals surface area contributed by atoms with E-state index in [-0.39, 0.29) is 10.5 Å². The molecule has 1 fully saturated rings. The molecule has 1 N–H and O–H groups in total. The van der Waals surface area contributed by atoms with Crippen LogP contribution >= 0.6 is 0 Å². The van der Waals surface area contributed by atoms with Gasteiger partial charge in [-0.1, -0.05) is 12.5 Å². The molecule has 0 aromatic heterocycles. The zero-order chi connectivity index (χ0) is 24.7. The Bertz CT molecular complexity index is 1140. The number of anilines is 1. The Morgan fingerprint density at radius 1 is 1.03 bits per heavy atom. The largest absolute Gasteiger partial charge is 0.493 e. The first-order valence-electron chi connectivity index (χ1n) is 11.1. The summed E-state index contributed by atoms with van der Waals surface area (Å²) in [5.74, 6) is -0.406. The Hall–Kier alpha value is -3.11. The van der Waals surface area contributed by atoms with Crippen molar-refractivity contribution in [2.75, 3.05) is 38.7 Å². The van der Waals surface area contributed by atoms with E-state index in [2.05, 4.69) is 5.32 Å². The molecule has 0 aliphatic carbocycles. The van der Waals surface area contributed by atoms with Gasteiger partial charge in [0.2, 0.25) is 10.0 Å². The van der Waals surface area contributed by atoms with Gasteiger partial charge in [-0.25, -0.2) is 13.2 Å². The Balaban J connectivity index is 1.65. The average Bonchev–Trinajstić information content (AvgIpc) is 2.84. The number of piperidine rings is 1.